The molecule has 2 heterocycles. The fourth-order valence-corrected chi connectivity index (χ4v) is 3.02. The highest BCUT2D eigenvalue weighted by molar-refractivity contribution is 5.42. The predicted octanol–water partition coefficient (Wildman–Crippen LogP) is 2.77. The lowest BCUT2D eigenvalue weighted by molar-refractivity contribution is 0.271. The normalized spacial score (nSPS) is 21.1. The fourth-order valence-electron chi connectivity index (χ4n) is 3.02. The van der Waals surface area contributed by atoms with Crippen molar-refractivity contribution in [1.82, 2.24) is 9.88 Å². The molecule has 1 aromatic heterocycles. The van der Waals surface area contributed by atoms with E-state index in [1.165, 1.54) is 50.8 Å². The van der Waals surface area contributed by atoms with Gasteiger partial charge in [0.2, 0.25) is 0 Å². The van der Waals surface area contributed by atoms with Gasteiger partial charge < -0.3 is 5.43 Å². The number of aromatic nitrogens is 1. The van der Waals surface area contributed by atoms with Crippen LogP contribution in [0.3, 0.4) is 0 Å². The predicted molar refractivity (Wildman–Crippen MR) is 79.6 cm³/mol. The summed E-state index contributed by atoms with van der Waals surface area (Å²) in [6.07, 6.45) is 8.51. The summed E-state index contributed by atoms with van der Waals surface area (Å²) in [5.74, 6) is 7.25. The summed E-state index contributed by atoms with van der Waals surface area (Å²) in [7, 11) is 0. The maximum Gasteiger partial charge on any atom is 0.144 e. The van der Waals surface area contributed by atoms with Crippen LogP contribution >= 0.6 is 0 Å². The van der Waals surface area contributed by atoms with Crippen molar-refractivity contribution >= 4 is 5.82 Å². The van der Waals surface area contributed by atoms with Crippen LogP contribution in [0.5, 0.6) is 0 Å². The Labute approximate surface area is 116 Å². The van der Waals surface area contributed by atoms with Gasteiger partial charge >= 0.3 is 0 Å². The van der Waals surface area contributed by atoms with Gasteiger partial charge in [-0.3, -0.25) is 4.90 Å². The zero-order chi connectivity index (χ0) is 13.5. The van der Waals surface area contributed by atoms with Crippen molar-refractivity contribution in [1.29, 1.82) is 0 Å². The Balaban J connectivity index is 1.92. The van der Waals surface area contributed by atoms with Crippen LogP contribution in [0.2, 0.25) is 0 Å². The second kappa shape index (κ2) is 7.46. The molecule has 0 radical (unpaired) electrons. The van der Waals surface area contributed by atoms with E-state index in [2.05, 4.69) is 28.3 Å². The largest absolute Gasteiger partial charge is 0.308 e. The van der Waals surface area contributed by atoms with E-state index < -0.39 is 0 Å². The lowest BCUT2D eigenvalue weighted by Crippen LogP contribution is -2.25. The van der Waals surface area contributed by atoms with Crippen LogP contribution in [0.25, 0.3) is 0 Å². The smallest absolute Gasteiger partial charge is 0.144 e. The summed E-state index contributed by atoms with van der Waals surface area (Å²) in [6.45, 7) is 5.63. The van der Waals surface area contributed by atoms with Crippen molar-refractivity contribution in [3.05, 3.63) is 23.9 Å². The Hall–Kier alpha value is -1.13. The Morgan fingerprint density at radius 1 is 1.42 bits per heavy atom. The Morgan fingerprint density at radius 2 is 2.32 bits per heavy atom. The molecule has 0 bridgehead atoms. The van der Waals surface area contributed by atoms with Crippen molar-refractivity contribution in [3.63, 3.8) is 0 Å². The third-order valence-electron chi connectivity index (χ3n) is 4.06. The van der Waals surface area contributed by atoms with Gasteiger partial charge in [0.05, 0.1) is 0 Å². The number of anilines is 1. The number of hydrogen-bond donors (Lipinski definition) is 2. The van der Waals surface area contributed by atoms with Gasteiger partial charge in [0, 0.05) is 18.3 Å². The van der Waals surface area contributed by atoms with Crippen LogP contribution in [-0.4, -0.2) is 23.0 Å². The number of rotatable bonds is 5. The number of likely N-dealkylation sites (tertiary alicyclic amines) is 1. The molecule has 1 fully saturated rings. The molecule has 0 aliphatic carbocycles. The second-order valence-corrected chi connectivity index (χ2v) is 5.52. The van der Waals surface area contributed by atoms with E-state index in [0.717, 1.165) is 18.3 Å². The number of hydrazine groups is 1. The van der Waals surface area contributed by atoms with E-state index in [9.17, 15) is 0 Å². The van der Waals surface area contributed by atoms with E-state index in [1.54, 1.807) is 6.20 Å². The molecule has 0 amide bonds. The molecule has 1 aliphatic heterocycles. The van der Waals surface area contributed by atoms with Gasteiger partial charge in [0.15, 0.2) is 0 Å². The lowest BCUT2D eigenvalue weighted by atomic mass is 9.96. The molecule has 4 nitrogen and oxygen atoms in total. The zero-order valence-corrected chi connectivity index (χ0v) is 11.9. The van der Waals surface area contributed by atoms with Crippen LogP contribution in [0.4, 0.5) is 5.82 Å². The average Bonchev–Trinajstić information content (AvgIpc) is 2.66. The van der Waals surface area contributed by atoms with Crippen LogP contribution in [0.15, 0.2) is 18.3 Å². The van der Waals surface area contributed by atoms with Crippen LogP contribution in [0, 0.1) is 5.92 Å². The zero-order valence-electron chi connectivity index (χ0n) is 11.9. The molecule has 1 atom stereocenters. The molecule has 1 aliphatic rings. The minimum absolute atomic E-state index is 0.803. The molecule has 19 heavy (non-hydrogen) atoms. The lowest BCUT2D eigenvalue weighted by Gasteiger charge is -2.21. The van der Waals surface area contributed by atoms with E-state index in [1.807, 2.05) is 6.07 Å². The summed E-state index contributed by atoms with van der Waals surface area (Å²) in [6, 6.07) is 4.09. The van der Waals surface area contributed by atoms with Gasteiger partial charge in [-0.1, -0.05) is 25.8 Å². The summed E-state index contributed by atoms with van der Waals surface area (Å²) >= 11 is 0. The maximum atomic E-state index is 5.52. The highest BCUT2D eigenvalue weighted by Crippen LogP contribution is 2.23. The quantitative estimate of drug-likeness (QED) is 0.633. The molecule has 4 heteroatoms. The number of nitrogens with two attached hydrogens (primary N) is 1. The Bertz CT molecular complexity index is 380. The standard InChI is InChI=1S/C15H26N4/c1-2-5-13-6-4-10-19(11-8-13)12-14-7-3-9-17-15(14)18-16/h3,7,9,13H,2,4-6,8,10-12,16H2,1H3,(H,17,18). The van der Waals surface area contributed by atoms with E-state index >= 15 is 0 Å². The molecule has 0 spiro atoms. The third kappa shape index (κ3) is 4.18. The van der Waals surface area contributed by atoms with Gasteiger partial charge in [-0.05, 0) is 44.3 Å². The topological polar surface area (TPSA) is 54.2 Å². The molecule has 1 saturated heterocycles. The van der Waals surface area contributed by atoms with E-state index in [-0.39, 0.29) is 0 Å². The highest BCUT2D eigenvalue weighted by atomic mass is 15.3. The summed E-state index contributed by atoms with van der Waals surface area (Å²) in [4.78, 5) is 6.80. The summed E-state index contributed by atoms with van der Waals surface area (Å²) < 4.78 is 0. The summed E-state index contributed by atoms with van der Waals surface area (Å²) in [5, 5.41) is 0. The SMILES string of the molecule is CCCC1CCCN(Cc2cccnc2NN)CC1. The maximum absolute atomic E-state index is 5.52. The molecule has 1 aromatic rings. The minimum atomic E-state index is 0.803. The molecule has 106 valence electrons. The first kappa shape index (κ1) is 14.3. The van der Waals surface area contributed by atoms with Crippen LogP contribution < -0.4 is 11.3 Å². The Kier molecular flexibility index (Phi) is 5.61. The van der Waals surface area contributed by atoms with E-state index in [0.29, 0.717) is 0 Å². The van der Waals surface area contributed by atoms with Crippen LogP contribution in [0.1, 0.15) is 44.6 Å². The molecule has 2 rings (SSSR count). The first-order chi connectivity index (χ1) is 9.33. The number of nitrogens with one attached hydrogen (secondary N) is 1. The number of pyridine rings is 1. The van der Waals surface area contributed by atoms with Crippen molar-refractivity contribution in [2.24, 2.45) is 11.8 Å². The first-order valence-corrected chi connectivity index (χ1v) is 7.46. The van der Waals surface area contributed by atoms with Gasteiger partial charge in [0.1, 0.15) is 5.82 Å². The number of nitrogens with zero attached hydrogens (tertiary/aromatic N) is 2. The molecule has 0 aromatic carbocycles. The molecular weight excluding hydrogens is 236 g/mol. The summed E-state index contributed by atoms with van der Waals surface area (Å²) in [5.41, 5.74) is 3.89. The number of hydrogen-bond acceptors (Lipinski definition) is 4. The van der Waals surface area contributed by atoms with Gasteiger partial charge in [0.25, 0.3) is 0 Å². The minimum Gasteiger partial charge on any atom is -0.308 e. The number of nitrogen functional groups attached to an aromatic ring is 1. The molecule has 3 N–H and O–H groups in total. The van der Waals surface area contributed by atoms with Crippen molar-refractivity contribution in [2.75, 3.05) is 18.5 Å². The average molecular weight is 262 g/mol. The van der Waals surface area contributed by atoms with Crippen molar-refractivity contribution in [2.45, 2.75) is 45.6 Å². The highest BCUT2D eigenvalue weighted by Gasteiger charge is 2.17. The van der Waals surface area contributed by atoms with Crippen molar-refractivity contribution < 1.29 is 0 Å². The monoisotopic (exact) mass is 262 g/mol. The third-order valence-corrected chi connectivity index (χ3v) is 4.06. The van der Waals surface area contributed by atoms with Gasteiger partial charge in [-0.25, -0.2) is 10.8 Å². The van der Waals surface area contributed by atoms with E-state index in [4.69, 9.17) is 5.84 Å². The molecular formula is C15H26N4. The van der Waals surface area contributed by atoms with Gasteiger partial charge in [-0.15, -0.1) is 0 Å². The second-order valence-electron chi connectivity index (χ2n) is 5.52. The Morgan fingerprint density at radius 3 is 3.11 bits per heavy atom. The van der Waals surface area contributed by atoms with Crippen molar-refractivity contribution in [3.8, 4) is 0 Å². The fraction of sp³-hybridized carbons (Fsp3) is 0.667. The van der Waals surface area contributed by atoms with Gasteiger partial charge in [-0.2, -0.15) is 0 Å². The molecule has 0 saturated carbocycles. The van der Waals surface area contributed by atoms with Crippen LogP contribution in [-0.2, 0) is 6.54 Å². The molecule has 1 unspecified atom stereocenters. The first-order valence-electron chi connectivity index (χ1n) is 7.46.